The predicted molar refractivity (Wildman–Crippen MR) is 49.5 cm³/mol. The maximum absolute atomic E-state index is 5.55. The number of rotatable bonds is 1. The summed E-state index contributed by atoms with van der Waals surface area (Å²) in [5, 5.41) is 8.11. The first kappa shape index (κ1) is 7.87. The molecule has 14 heavy (non-hydrogen) atoms. The average molecular weight is 190 g/mol. The van der Waals surface area contributed by atoms with E-state index < -0.39 is 0 Å². The van der Waals surface area contributed by atoms with Gasteiger partial charge in [-0.05, 0) is 18.9 Å². The summed E-state index contributed by atoms with van der Waals surface area (Å²) in [6.07, 6.45) is 5.63. The Bertz CT molecular complexity index is 447. The third-order valence-corrected chi connectivity index (χ3v) is 2.45. The van der Waals surface area contributed by atoms with Crippen molar-refractivity contribution in [1.29, 1.82) is 0 Å². The molecule has 3 rings (SSSR count). The average Bonchev–Trinajstić information content (AvgIpc) is 2.85. The topological polar surface area (TPSA) is 52.8 Å². The first-order chi connectivity index (χ1) is 6.95. The van der Waals surface area contributed by atoms with E-state index in [-0.39, 0.29) is 6.23 Å². The molecule has 1 aliphatic heterocycles. The van der Waals surface area contributed by atoms with Gasteiger partial charge in [-0.1, -0.05) is 5.21 Å². The summed E-state index contributed by atoms with van der Waals surface area (Å²) in [7, 11) is 0. The quantitative estimate of drug-likeness (QED) is 0.676. The maximum atomic E-state index is 5.55. The van der Waals surface area contributed by atoms with E-state index in [9.17, 15) is 0 Å². The highest BCUT2D eigenvalue weighted by molar-refractivity contribution is 5.72. The fourth-order valence-corrected chi connectivity index (χ4v) is 1.76. The number of hydrogen-bond donors (Lipinski definition) is 0. The van der Waals surface area contributed by atoms with Gasteiger partial charge in [0.15, 0.2) is 6.23 Å². The molecule has 72 valence electrons. The molecule has 0 N–H and O–H groups in total. The highest BCUT2D eigenvalue weighted by Crippen LogP contribution is 2.24. The maximum Gasteiger partial charge on any atom is 0.152 e. The summed E-state index contributed by atoms with van der Waals surface area (Å²) in [6.45, 7) is 0.817. The highest BCUT2D eigenvalue weighted by Gasteiger charge is 2.20. The van der Waals surface area contributed by atoms with Crippen LogP contribution in [-0.2, 0) is 4.74 Å². The minimum Gasteiger partial charge on any atom is -0.356 e. The summed E-state index contributed by atoms with van der Waals surface area (Å²) < 4.78 is 7.38. The Balaban J connectivity index is 2.11. The Morgan fingerprint density at radius 3 is 3.36 bits per heavy atom. The van der Waals surface area contributed by atoms with Crippen molar-refractivity contribution in [1.82, 2.24) is 20.0 Å². The molecular weight excluding hydrogens is 180 g/mol. The van der Waals surface area contributed by atoms with Crippen LogP contribution in [0.3, 0.4) is 0 Å². The van der Waals surface area contributed by atoms with E-state index in [1.54, 1.807) is 12.4 Å². The molecule has 0 bridgehead atoms. The predicted octanol–water partition coefficient (Wildman–Crippen LogP) is 1.14. The lowest BCUT2D eigenvalue weighted by Gasteiger charge is -2.09. The van der Waals surface area contributed by atoms with Gasteiger partial charge in [-0.15, -0.1) is 5.10 Å². The van der Waals surface area contributed by atoms with Crippen molar-refractivity contribution < 1.29 is 4.74 Å². The van der Waals surface area contributed by atoms with Gasteiger partial charge in [0.1, 0.15) is 5.52 Å². The zero-order chi connectivity index (χ0) is 9.38. The van der Waals surface area contributed by atoms with E-state index in [0.29, 0.717) is 0 Å². The molecule has 0 aliphatic carbocycles. The Labute approximate surface area is 80.7 Å². The van der Waals surface area contributed by atoms with Crippen molar-refractivity contribution in [2.75, 3.05) is 6.61 Å². The molecule has 1 unspecified atom stereocenters. The Morgan fingerprint density at radius 2 is 2.50 bits per heavy atom. The summed E-state index contributed by atoms with van der Waals surface area (Å²) >= 11 is 0. The molecule has 1 atom stereocenters. The van der Waals surface area contributed by atoms with Gasteiger partial charge in [0, 0.05) is 12.8 Å². The van der Waals surface area contributed by atoms with Crippen molar-refractivity contribution in [2.24, 2.45) is 0 Å². The molecule has 0 amide bonds. The zero-order valence-electron chi connectivity index (χ0n) is 7.63. The van der Waals surface area contributed by atoms with Crippen LogP contribution in [0.4, 0.5) is 0 Å². The van der Waals surface area contributed by atoms with Crippen LogP contribution in [-0.4, -0.2) is 26.6 Å². The van der Waals surface area contributed by atoms with Crippen molar-refractivity contribution in [3.63, 3.8) is 0 Å². The fraction of sp³-hybridized carbons (Fsp3) is 0.444. The lowest BCUT2D eigenvalue weighted by Crippen LogP contribution is -2.08. The monoisotopic (exact) mass is 190 g/mol. The van der Waals surface area contributed by atoms with Gasteiger partial charge >= 0.3 is 0 Å². The molecule has 2 aromatic heterocycles. The second kappa shape index (κ2) is 3.02. The summed E-state index contributed by atoms with van der Waals surface area (Å²) in [5.41, 5.74) is 1.81. The van der Waals surface area contributed by atoms with Crippen molar-refractivity contribution in [2.45, 2.75) is 19.1 Å². The zero-order valence-corrected chi connectivity index (χ0v) is 7.63. The molecule has 1 saturated heterocycles. The van der Waals surface area contributed by atoms with E-state index in [0.717, 1.165) is 30.5 Å². The summed E-state index contributed by atoms with van der Waals surface area (Å²) in [5.74, 6) is 0. The Kier molecular flexibility index (Phi) is 1.70. The Hall–Kier alpha value is -1.49. The van der Waals surface area contributed by atoms with E-state index >= 15 is 0 Å². The molecule has 1 aliphatic rings. The van der Waals surface area contributed by atoms with E-state index in [1.165, 1.54) is 0 Å². The molecular formula is C9H10N4O. The van der Waals surface area contributed by atoms with Gasteiger partial charge in [0.25, 0.3) is 0 Å². The molecule has 0 aromatic carbocycles. The lowest BCUT2D eigenvalue weighted by atomic mass is 10.3. The fourth-order valence-electron chi connectivity index (χ4n) is 1.76. The molecule has 2 aromatic rings. The number of fused-ring (bicyclic) bond motifs is 1. The number of aromatic nitrogens is 4. The van der Waals surface area contributed by atoms with Crippen molar-refractivity contribution in [3.05, 3.63) is 18.5 Å². The van der Waals surface area contributed by atoms with E-state index in [4.69, 9.17) is 4.74 Å². The van der Waals surface area contributed by atoms with Crippen molar-refractivity contribution in [3.8, 4) is 0 Å². The molecule has 0 radical (unpaired) electrons. The van der Waals surface area contributed by atoms with Crippen LogP contribution in [0.5, 0.6) is 0 Å². The first-order valence-electron chi connectivity index (χ1n) is 4.72. The lowest BCUT2D eigenvalue weighted by molar-refractivity contribution is 0.0488. The van der Waals surface area contributed by atoms with Gasteiger partial charge < -0.3 is 4.74 Å². The van der Waals surface area contributed by atoms with Gasteiger partial charge in [-0.2, -0.15) is 0 Å². The third-order valence-electron chi connectivity index (χ3n) is 2.45. The number of nitrogens with zero attached hydrogens (tertiary/aromatic N) is 4. The number of pyridine rings is 1. The highest BCUT2D eigenvalue weighted by atomic mass is 16.5. The molecule has 3 heterocycles. The van der Waals surface area contributed by atoms with Crippen LogP contribution < -0.4 is 0 Å². The SMILES string of the molecule is c1cc2c(cn1)nnn2C1CCCO1. The van der Waals surface area contributed by atoms with Crippen LogP contribution in [0.2, 0.25) is 0 Å². The van der Waals surface area contributed by atoms with Crippen molar-refractivity contribution >= 4 is 11.0 Å². The second-order valence-electron chi connectivity index (χ2n) is 3.37. The smallest absolute Gasteiger partial charge is 0.152 e. The first-order valence-corrected chi connectivity index (χ1v) is 4.72. The van der Waals surface area contributed by atoms with E-state index in [1.807, 2.05) is 10.7 Å². The van der Waals surface area contributed by atoms with E-state index in [2.05, 4.69) is 15.3 Å². The minimum atomic E-state index is 0.0578. The number of ether oxygens (including phenoxy) is 1. The normalized spacial score (nSPS) is 21.9. The standard InChI is InChI=1S/C9H10N4O/c1-2-9(14-5-1)13-8-3-4-10-6-7(8)11-12-13/h3-4,6,9H,1-2,5H2. The molecule has 5 nitrogen and oxygen atoms in total. The van der Waals surface area contributed by atoms with Gasteiger partial charge in [-0.3, -0.25) is 4.98 Å². The van der Waals surface area contributed by atoms with Crippen LogP contribution in [0.1, 0.15) is 19.1 Å². The minimum absolute atomic E-state index is 0.0578. The van der Waals surface area contributed by atoms with Crippen LogP contribution >= 0.6 is 0 Å². The van der Waals surface area contributed by atoms with Gasteiger partial charge in [-0.25, -0.2) is 4.68 Å². The van der Waals surface area contributed by atoms with Gasteiger partial charge in [0.05, 0.1) is 11.7 Å². The summed E-state index contributed by atoms with van der Waals surface area (Å²) in [6, 6.07) is 1.91. The van der Waals surface area contributed by atoms with Crippen LogP contribution in [0, 0.1) is 0 Å². The van der Waals surface area contributed by atoms with Crippen LogP contribution in [0.15, 0.2) is 18.5 Å². The van der Waals surface area contributed by atoms with Gasteiger partial charge in [0.2, 0.25) is 0 Å². The second-order valence-corrected chi connectivity index (χ2v) is 3.37. The summed E-state index contributed by atoms with van der Waals surface area (Å²) in [4.78, 5) is 4.00. The molecule has 1 fully saturated rings. The largest absolute Gasteiger partial charge is 0.356 e. The molecule has 0 saturated carbocycles. The molecule has 5 heteroatoms. The third kappa shape index (κ3) is 1.09. The number of hydrogen-bond acceptors (Lipinski definition) is 4. The molecule has 0 spiro atoms. The van der Waals surface area contributed by atoms with Crippen LogP contribution in [0.25, 0.3) is 11.0 Å². The Morgan fingerprint density at radius 1 is 1.50 bits per heavy atom.